The third-order valence-corrected chi connectivity index (χ3v) is 5.40. The molecule has 3 unspecified atom stereocenters. The van der Waals surface area contributed by atoms with Crippen LogP contribution in [-0.2, 0) is 9.53 Å². The number of hydrogen-bond acceptors (Lipinski definition) is 5. The summed E-state index contributed by atoms with van der Waals surface area (Å²) >= 11 is 11.9. The van der Waals surface area contributed by atoms with Gasteiger partial charge >= 0.3 is 0 Å². The van der Waals surface area contributed by atoms with Crippen LogP contribution in [0.5, 0.6) is 0 Å². The molecule has 1 amide bonds. The highest BCUT2D eigenvalue weighted by molar-refractivity contribution is 6.38. The van der Waals surface area contributed by atoms with Crippen molar-refractivity contribution in [2.75, 3.05) is 11.9 Å². The Morgan fingerprint density at radius 3 is 2.67 bits per heavy atom. The largest absolute Gasteiger partial charge is 0.377 e. The number of hydrogen-bond donors (Lipinski definition) is 2. The molecule has 3 rings (SSSR count). The molecule has 1 aromatic heterocycles. The summed E-state index contributed by atoms with van der Waals surface area (Å²) in [6.07, 6.45) is 2.00. The van der Waals surface area contributed by atoms with Gasteiger partial charge < -0.3 is 15.8 Å². The first-order valence-corrected chi connectivity index (χ1v) is 7.43. The summed E-state index contributed by atoms with van der Waals surface area (Å²) in [4.78, 5) is 20.3. The summed E-state index contributed by atoms with van der Waals surface area (Å²) in [6.45, 7) is 4.49. The molecule has 0 bridgehead atoms. The van der Waals surface area contributed by atoms with Crippen LogP contribution in [0, 0.1) is 11.3 Å². The van der Waals surface area contributed by atoms with E-state index in [1.807, 2.05) is 13.8 Å². The number of nitrogens with one attached hydrogen (secondary N) is 1. The Labute approximate surface area is 132 Å². The molecule has 1 saturated carbocycles. The van der Waals surface area contributed by atoms with Gasteiger partial charge in [-0.2, -0.15) is 0 Å². The topological polar surface area (TPSA) is 90.1 Å². The lowest BCUT2D eigenvalue weighted by atomic mass is 9.48. The first-order chi connectivity index (χ1) is 9.80. The van der Waals surface area contributed by atoms with Gasteiger partial charge in [-0.15, -0.1) is 0 Å². The Balaban J connectivity index is 1.89. The second kappa shape index (κ2) is 4.78. The van der Waals surface area contributed by atoms with Crippen LogP contribution in [0.2, 0.25) is 10.3 Å². The number of carbonyl (C=O) groups excluding carboxylic acids is 1. The number of fused-ring (bicyclic) bond motifs is 1. The predicted molar refractivity (Wildman–Crippen MR) is 79.2 cm³/mol. The van der Waals surface area contributed by atoms with Crippen LogP contribution in [0.3, 0.4) is 0 Å². The molecule has 114 valence electrons. The SMILES string of the molecule is CC1(C)C2OCCC2C1(N)C(=O)Nc1c(Cl)ncnc1Cl. The van der Waals surface area contributed by atoms with Crippen molar-refractivity contribution in [3.8, 4) is 0 Å². The van der Waals surface area contributed by atoms with Crippen molar-refractivity contribution in [1.82, 2.24) is 9.97 Å². The van der Waals surface area contributed by atoms with E-state index in [2.05, 4.69) is 15.3 Å². The van der Waals surface area contributed by atoms with E-state index in [1.165, 1.54) is 6.33 Å². The lowest BCUT2D eigenvalue weighted by Crippen LogP contribution is -2.79. The number of halogens is 2. The van der Waals surface area contributed by atoms with Crippen molar-refractivity contribution >= 4 is 34.8 Å². The van der Waals surface area contributed by atoms with Crippen molar-refractivity contribution in [1.29, 1.82) is 0 Å². The highest BCUT2D eigenvalue weighted by Gasteiger charge is 2.71. The summed E-state index contributed by atoms with van der Waals surface area (Å²) in [6, 6.07) is 0. The van der Waals surface area contributed by atoms with Gasteiger partial charge in [-0.25, -0.2) is 9.97 Å². The number of carbonyl (C=O) groups is 1. The monoisotopic (exact) mass is 330 g/mol. The minimum atomic E-state index is -1.03. The Bertz CT molecular complexity index is 590. The van der Waals surface area contributed by atoms with Gasteiger partial charge in [0.15, 0.2) is 10.3 Å². The molecule has 2 heterocycles. The third kappa shape index (κ3) is 1.90. The van der Waals surface area contributed by atoms with Crippen molar-refractivity contribution in [2.24, 2.45) is 17.1 Å². The lowest BCUT2D eigenvalue weighted by Gasteiger charge is -2.60. The number of nitrogens with zero attached hydrogens (tertiary/aromatic N) is 2. The lowest BCUT2D eigenvalue weighted by molar-refractivity contribution is -0.170. The molecule has 2 fully saturated rings. The molecule has 2 aliphatic rings. The molecule has 3 atom stereocenters. The maximum atomic E-state index is 12.7. The van der Waals surface area contributed by atoms with Crippen LogP contribution >= 0.6 is 23.2 Å². The van der Waals surface area contributed by atoms with Crippen molar-refractivity contribution in [2.45, 2.75) is 31.9 Å². The molecule has 6 nitrogen and oxygen atoms in total. The predicted octanol–water partition coefficient (Wildman–Crippen LogP) is 1.86. The van der Waals surface area contributed by atoms with Crippen LogP contribution < -0.4 is 11.1 Å². The van der Waals surface area contributed by atoms with Crippen molar-refractivity contribution in [3.63, 3.8) is 0 Å². The molecule has 0 spiro atoms. The number of nitrogens with two attached hydrogens (primary N) is 1. The van der Waals surface area contributed by atoms with Crippen LogP contribution in [-0.4, -0.2) is 34.1 Å². The molecule has 1 aromatic rings. The van der Waals surface area contributed by atoms with Gasteiger partial charge in [0.05, 0.1) is 6.10 Å². The van der Waals surface area contributed by atoms with E-state index in [1.54, 1.807) is 0 Å². The molecule has 8 heteroatoms. The summed E-state index contributed by atoms with van der Waals surface area (Å²) in [5.74, 6) is -0.340. The van der Waals surface area contributed by atoms with E-state index in [0.29, 0.717) is 6.61 Å². The van der Waals surface area contributed by atoms with E-state index in [9.17, 15) is 4.79 Å². The summed E-state index contributed by atoms with van der Waals surface area (Å²) in [5, 5.41) is 2.85. The molecule has 1 saturated heterocycles. The number of aromatic nitrogens is 2. The normalized spacial score (nSPS) is 33.2. The van der Waals surface area contributed by atoms with Crippen molar-refractivity contribution < 1.29 is 9.53 Å². The number of amides is 1. The van der Waals surface area contributed by atoms with Gasteiger partial charge in [-0.05, 0) is 6.42 Å². The minimum Gasteiger partial charge on any atom is -0.377 e. The van der Waals surface area contributed by atoms with Gasteiger partial charge in [0.2, 0.25) is 5.91 Å². The fourth-order valence-electron chi connectivity index (χ4n) is 3.51. The third-order valence-electron chi connectivity index (χ3n) is 4.82. The maximum absolute atomic E-state index is 12.7. The molecular weight excluding hydrogens is 315 g/mol. The summed E-state index contributed by atoms with van der Waals surface area (Å²) in [5.41, 5.74) is 5.13. The first kappa shape index (κ1) is 15.0. The van der Waals surface area contributed by atoms with E-state index in [0.717, 1.165) is 6.42 Å². The number of ether oxygens (including phenoxy) is 1. The van der Waals surface area contributed by atoms with Gasteiger partial charge in [0.1, 0.15) is 17.6 Å². The standard InChI is InChI=1S/C13H16Cl2N4O2/c1-12(2)8-6(3-4-21-8)13(12,16)11(20)19-7-9(14)17-5-18-10(7)15/h5-6,8H,3-4,16H2,1-2H3,(H,19,20). The molecule has 0 radical (unpaired) electrons. The fraction of sp³-hybridized carbons (Fsp3) is 0.615. The first-order valence-electron chi connectivity index (χ1n) is 6.68. The Kier molecular flexibility index (Phi) is 3.40. The second-order valence-electron chi connectivity index (χ2n) is 6.06. The van der Waals surface area contributed by atoms with Crippen LogP contribution in [0.25, 0.3) is 0 Å². The average Bonchev–Trinajstić information content (AvgIpc) is 2.90. The zero-order valence-corrected chi connectivity index (χ0v) is 13.2. The molecular formula is C13H16Cl2N4O2. The Morgan fingerprint density at radius 2 is 2.05 bits per heavy atom. The number of rotatable bonds is 2. The fourth-order valence-corrected chi connectivity index (χ4v) is 3.92. The molecule has 3 N–H and O–H groups in total. The highest BCUT2D eigenvalue weighted by atomic mass is 35.5. The molecule has 21 heavy (non-hydrogen) atoms. The van der Waals surface area contributed by atoms with Crippen LogP contribution in [0.4, 0.5) is 5.69 Å². The Hall–Kier alpha value is -0.950. The average molecular weight is 331 g/mol. The van der Waals surface area contributed by atoms with Gasteiger partial charge in [0, 0.05) is 17.9 Å². The molecule has 1 aliphatic heterocycles. The summed E-state index contributed by atoms with van der Waals surface area (Å²) < 4.78 is 5.67. The van der Waals surface area contributed by atoms with E-state index in [4.69, 9.17) is 33.7 Å². The maximum Gasteiger partial charge on any atom is 0.245 e. The Morgan fingerprint density at radius 1 is 1.43 bits per heavy atom. The number of anilines is 1. The molecule has 0 aromatic carbocycles. The quantitative estimate of drug-likeness (QED) is 0.808. The molecule has 1 aliphatic carbocycles. The van der Waals surface area contributed by atoms with Crippen LogP contribution in [0.15, 0.2) is 6.33 Å². The van der Waals surface area contributed by atoms with E-state index < -0.39 is 11.0 Å². The summed E-state index contributed by atoms with van der Waals surface area (Å²) in [7, 11) is 0. The zero-order valence-electron chi connectivity index (χ0n) is 11.7. The van der Waals surface area contributed by atoms with E-state index >= 15 is 0 Å². The van der Waals surface area contributed by atoms with E-state index in [-0.39, 0.29) is 33.9 Å². The van der Waals surface area contributed by atoms with Gasteiger partial charge in [0.25, 0.3) is 0 Å². The zero-order chi connectivity index (χ0) is 15.4. The van der Waals surface area contributed by atoms with Crippen LogP contribution in [0.1, 0.15) is 20.3 Å². The smallest absolute Gasteiger partial charge is 0.245 e. The second-order valence-corrected chi connectivity index (χ2v) is 6.78. The minimum absolute atomic E-state index is 0.00492. The van der Waals surface area contributed by atoms with Gasteiger partial charge in [-0.3, -0.25) is 4.79 Å². The highest BCUT2D eigenvalue weighted by Crippen LogP contribution is 2.58. The van der Waals surface area contributed by atoms with Crippen molar-refractivity contribution in [3.05, 3.63) is 16.6 Å². The van der Waals surface area contributed by atoms with Gasteiger partial charge in [-0.1, -0.05) is 37.0 Å².